The average Bonchev–Trinajstić information content (AvgIpc) is 2.88. The van der Waals surface area contributed by atoms with Gasteiger partial charge in [0.05, 0.1) is 23.3 Å². The van der Waals surface area contributed by atoms with Gasteiger partial charge in [0.15, 0.2) is 0 Å². The Morgan fingerprint density at radius 1 is 1.37 bits per heavy atom. The summed E-state index contributed by atoms with van der Waals surface area (Å²) in [5, 5.41) is 3.30. The lowest BCUT2D eigenvalue weighted by Crippen LogP contribution is -2.30. The van der Waals surface area contributed by atoms with E-state index in [1.54, 1.807) is 0 Å². The van der Waals surface area contributed by atoms with E-state index in [1.165, 1.54) is 16.4 Å². The number of halogens is 2. The molecule has 1 aromatic rings. The molecule has 2 rings (SSSR count). The minimum Gasteiger partial charge on any atom is -0.492 e. The highest BCUT2D eigenvalue weighted by Crippen LogP contribution is 2.35. The van der Waals surface area contributed by atoms with Gasteiger partial charge in [0.1, 0.15) is 10.6 Å². The van der Waals surface area contributed by atoms with Crippen molar-refractivity contribution in [1.82, 2.24) is 9.62 Å². The van der Waals surface area contributed by atoms with Gasteiger partial charge in [0, 0.05) is 19.2 Å². The van der Waals surface area contributed by atoms with Crippen molar-refractivity contribution >= 4 is 33.2 Å². The minimum atomic E-state index is -3.62. The Bertz CT molecular complexity index is 572. The topological polar surface area (TPSA) is 58.6 Å². The summed E-state index contributed by atoms with van der Waals surface area (Å²) < 4.78 is 31.4. The zero-order valence-electron chi connectivity index (χ0n) is 10.3. The molecule has 1 N–H and O–H groups in total. The predicted molar refractivity (Wildman–Crippen MR) is 74.4 cm³/mol. The van der Waals surface area contributed by atoms with E-state index in [0.717, 1.165) is 0 Å². The van der Waals surface area contributed by atoms with Crippen LogP contribution in [0.3, 0.4) is 0 Å². The third kappa shape index (κ3) is 2.98. The van der Waals surface area contributed by atoms with Crippen LogP contribution in [0.5, 0.6) is 5.75 Å². The van der Waals surface area contributed by atoms with Crippen LogP contribution >= 0.6 is 23.2 Å². The number of rotatable bonds is 4. The highest BCUT2D eigenvalue weighted by Gasteiger charge is 2.29. The first-order chi connectivity index (χ1) is 8.96. The molecule has 0 radical (unpaired) electrons. The monoisotopic (exact) mass is 324 g/mol. The first-order valence-corrected chi connectivity index (χ1v) is 7.99. The van der Waals surface area contributed by atoms with Crippen LogP contribution < -0.4 is 10.1 Å². The summed E-state index contributed by atoms with van der Waals surface area (Å²) in [7, 11) is -3.62. The molecule has 1 aliphatic rings. The van der Waals surface area contributed by atoms with Gasteiger partial charge in [-0.05, 0) is 13.0 Å². The second-order valence-corrected chi connectivity index (χ2v) is 6.71. The molecule has 1 fully saturated rings. The zero-order chi connectivity index (χ0) is 14.0. The van der Waals surface area contributed by atoms with E-state index >= 15 is 0 Å². The fourth-order valence-electron chi connectivity index (χ4n) is 1.80. The maximum Gasteiger partial charge on any atom is 0.245 e. The van der Waals surface area contributed by atoms with E-state index < -0.39 is 10.0 Å². The van der Waals surface area contributed by atoms with Gasteiger partial charge < -0.3 is 10.1 Å². The van der Waals surface area contributed by atoms with Gasteiger partial charge in [0.25, 0.3) is 0 Å². The lowest BCUT2D eigenvalue weighted by atomic mass is 10.3. The Kier molecular flexibility index (Phi) is 4.58. The summed E-state index contributed by atoms with van der Waals surface area (Å²) in [6.45, 7) is 3.57. The molecule has 19 heavy (non-hydrogen) atoms. The lowest BCUT2D eigenvalue weighted by molar-refractivity contribution is 0.340. The summed E-state index contributed by atoms with van der Waals surface area (Å²) in [6.07, 6.45) is 0. The minimum absolute atomic E-state index is 0.00585. The van der Waals surface area contributed by atoms with E-state index in [1.807, 2.05) is 6.92 Å². The quantitative estimate of drug-likeness (QED) is 0.919. The second-order valence-electron chi connectivity index (χ2n) is 3.98. The summed E-state index contributed by atoms with van der Waals surface area (Å²) in [5.74, 6) is 0.382. The fourth-order valence-corrected chi connectivity index (χ4v) is 3.98. The molecule has 0 saturated carbocycles. The predicted octanol–water partition coefficient (Wildman–Crippen LogP) is 1.94. The maximum absolute atomic E-state index is 12.4. The Morgan fingerprint density at radius 2 is 2.11 bits per heavy atom. The van der Waals surface area contributed by atoms with E-state index in [2.05, 4.69) is 5.32 Å². The maximum atomic E-state index is 12.4. The molecule has 106 valence electrons. The van der Waals surface area contributed by atoms with Gasteiger partial charge in [0.2, 0.25) is 10.0 Å². The molecule has 1 heterocycles. The largest absolute Gasteiger partial charge is 0.492 e. The van der Waals surface area contributed by atoms with Crippen LogP contribution in [-0.2, 0) is 10.0 Å². The van der Waals surface area contributed by atoms with Crippen molar-refractivity contribution in [1.29, 1.82) is 0 Å². The Hall–Kier alpha value is -0.530. The Morgan fingerprint density at radius 3 is 2.68 bits per heavy atom. The number of nitrogens with zero attached hydrogens (tertiary/aromatic N) is 1. The molecule has 0 spiro atoms. The van der Waals surface area contributed by atoms with Crippen LogP contribution in [0.4, 0.5) is 0 Å². The van der Waals surface area contributed by atoms with Crippen molar-refractivity contribution in [3.8, 4) is 5.75 Å². The Balaban J connectivity index is 2.42. The fraction of sp³-hybridized carbons (Fsp3) is 0.455. The molecule has 1 aliphatic heterocycles. The third-order valence-corrected chi connectivity index (χ3v) is 5.34. The van der Waals surface area contributed by atoms with Crippen LogP contribution in [-0.4, -0.2) is 39.1 Å². The van der Waals surface area contributed by atoms with Gasteiger partial charge in [-0.3, -0.25) is 0 Å². The molecule has 0 aliphatic carbocycles. The molecule has 0 unspecified atom stereocenters. The van der Waals surface area contributed by atoms with Gasteiger partial charge in [-0.1, -0.05) is 23.2 Å². The molecule has 0 bridgehead atoms. The van der Waals surface area contributed by atoms with E-state index in [-0.39, 0.29) is 21.6 Å². The summed E-state index contributed by atoms with van der Waals surface area (Å²) >= 11 is 12.0. The number of ether oxygens (including phenoxy) is 1. The molecule has 0 amide bonds. The first kappa shape index (κ1) is 14.9. The number of hydrogen-bond donors (Lipinski definition) is 1. The van der Waals surface area contributed by atoms with Crippen LogP contribution in [0.1, 0.15) is 6.92 Å². The molecular weight excluding hydrogens is 311 g/mol. The van der Waals surface area contributed by atoms with Crippen LogP contribution in [0.25, 0.3) is 0 Å². The van der Waals surface area contributed by atoms with Crippen molar-refractivity contribution in [2.75, 3.05) is 26.4 Å². The zero-order valence-corrected chi connectivity index (χ0v) is 12.6. The van der Waals surface area contributed by atoms with E-state index in [4.69, 9.17) is 27.9 Å². The third-order valence-electron chi connectivity index (χ3n) is 2.73. The molecule has 0 aromatic heterocycles. The summed E-state index contributed by atoms with van der Waals surface area (Å²) in [4.78, 5) is 0.00585. The highest BCUT2D eigenvalue weighted by molar-refractivity contribution is 7.89. The van der Waals surface area contributed by atoms with Gasteiger partial charge in [-0.15, -0.1) is 0 Å². The number of nitrogens with one attached hydrogen (secondary N) is 1. The van der Waals surface area contributed by atoms with Crippen molar-refractivity contribution in [3.05, 3.63) is 22.2 Å². The smallest absolute Gasteiger partial charge is 0.245 e. The standard InChI is InChI=1S/C11H14Cl2N2O3S/c1-2-18-10-5-9(13)11(6-8(10)12)19(16,17)15-4-3-14-7-15/h5-6,14H,2-4,7H2,1H3. The molecule has 1 saturated heterocycles. The molecule has 0 atom stereocenters. The Labute approximate surface area is 122 Å². The van der Waals surface area contributed by atoms with Crippen molar-refractivity contribution in [3.63, 3.8) is 0 Å². The number of benzene rings is 1. The summed E-state index contributed by atoms with van der Waals surface area (Å²) in [5.41, 5.74) is 0. The van der Waals surface area contributed by atoms with E-state index in [9.17, 15) is 8.42 Å². The van der Waals surface area contributed by atoms with E-state index in [0.29, 0.717) is 25.4 Å². The molecule has 8 heteroatoms. The SMILES string of the molecule is CCOc1cc(Cl)c(S(=O)(=O)N2CCNC2)cc1Cl. The van der Waals surface area contributed by atoms with Gasteiger partial charge in [-0.25, -0.2) is 8.42 Å². The van der Waals surface area contributed by atoms with Gasteiger partial charge >= 0.3 is 0 Å². The number of sulfonamides is 1. The van der Waals surface area contributed by atoms with Crippen LogP contribution in [0, 0.1) is 0 Å². The normalized spacial score (nSPS) is 16.8. The van der Waals surface area contributed by atoms with Gasteiger partial charge in [-0.2, -0.15) is 4.31 Å². The van der Waals surface area contributed by atoms with Crippen LogP contribution in [0.15, 0.2) is 17.0 Å². The second kappa shape index (κ2) is 5.85. The molecular formula is C11H14Cl2N2O3S. The first-order valence-electron chi connectivity index (χ1n) is 5.79. The molecule has 5 nitrogen and oxygen atoms in total. The number of hydrogen-bond acceptors (Lipinski definition) is 4. The molecule has 1 aromatic carbocycles. The van der Waals surface area contributed by atoms with Crippen molar-refractivity contribution in [2.24, 2.45) is 0 Å². The van der Waals surface area contributed by atoms with Crippen molar-refractivity contribution < 1.29 is 13.2 Å². The van der Waals surface area contributed by atoms with Crippen LogP contribution in [0.2, 0.25) is 10.0 Å². The summed E-state index contributed by atoms with van der Waals surface area (Å²) in [6, 6.07) is 2.77. The average molecular weight is 325 g/mol. The van der Waals surface area contributed by atoms with Crippen molar-refractivity contribution in [2.45, 2.75) is 11.8 Å². The highest BCUT2D eigenvalue weighted by atomic mass is 35.5. The lowest BCUT2D eigenvalue weighted by Gasteiger charge is -2.17.